The van der Waals surface area contributed by atoms with Gasteiger partial charge in [0.25, 0.3) is 0 Å². The quantitative estimate of drug-likeness (QED) is 0.0845. The zero-order valence-corrected chi connectivity index (χ0v) is 22.2. The first-order valence-corrected chi connectivity index (χ1v) is 13.0. The standard InChI is InChI=1S/C21H41NO4.C5H11NO2/c1-2-3-4-5-6-7-8-9-10-11-12-13-14-15-16-17-18-21(25,26)22-19-20(23)24;1-6(2,3)4-5(7)8/h9-10,22,25-26H,2-8,11-19H2,1H3,(H,23,24);4H2,1-3H3/b10-9-;. The molecule has 4 N–H and O–H groups in total. The van der Waals surface area contributed by atoms with Crippen LogP contribution in [0.2, 0.25) is 0 Å². The lowest BCUT2D eigenvalue weighted by molar-refractivity contribution is -0.864. The highest BCUT2D eigenvalue weighted by Crippen LogP contribution is 2.13. The van der Waals surface area contributed by atoms with Crippen molar-refractivity contribution in [2.24, 2.45) is 0 Å². The zero-order valence-electron chi connectivity index (χ0n) is 22.2. The van der Waals surface area contributed by atoms with E-state index in [2.05, 4.69) is 24.4 Å². The van der Waals surface area contributed by atoms with Crippen molar-refractivity contribution in [3.05, 3.63) is 12.2 Å². The van der Waals surface area contributed by atoms with Gasteiger partial charge in [0.05, 0.1) is 33.7 Å². The number of hydrogen-bond acceptors (Lipinski definition) is 6. The van der Waals surface area contributed by atoms with Crippen molar-refractivity contribution in [1.29, 1.82) is 0 Å². The van der Waals surface area contributed by atoms with Gasteiger partial charge in [0.2, 0.25) is 5.91 Å². The Morgan fingerprint density at radius 3 is 1.65 bits per heavy atom. The number of likely N-dealkylation sites (N-methyl/N-ethyl adjacent to an activating group) is 1. The maximum atomic E-state index is 10.4. The number of quaternary nitrogens is 1. The number of aliphatic carboxylic acids is 2. The third-order valence-electron chi connectivity index (χ3n) is 5.16. The highest BCUT2D eigenvalue weighted by atomic mass is 16.5. The van der Waals surface area contributed by atoms with Crippen LogP contribution in [0, 0.1) is 0 Å². The first-order valence-electron chi connectivity index (χ1n) is 13.0. The summed E-state index contributed by atoms with van der Waals surface area (Å²) in [6, 6.07) is 0. The first kappa shape index (κ1) is 34.7. The lowest BCUT2D eigenvalue weighted by atomic mass is 10.1. The van der Waals surface area contributed by atoms with Crippen LogP contribution in [0.4, 0.5) is 0 Å². The summed E-state index contributed by atoms with van der Waals surface area (Å²) < 4.78 is 0.419. The van der Waals surface area contributed by atoms with Gasteiger partial charge in [-0.1, -0.05) is 76.9 Å². The molecule has 0 radical (unpaired) electrons. The zero-order chi connectivity index (χ0) is 26.3. The molecule has 0 saturated heterocycles. The summed E-state index contributed by atoms with van der Waals surface area (Å²) in [6.45, 7) is 1.87. The Hall–Kier alpha value is -1.48. The van der Waals surface area contributed by atoms with Crippen molar-refractivity contribution in [3.63, 3.8) is 0 Å². The van der Waals surface area contributed by atoms with Crippen LogP contribution < -0.4 is 10.4 Å². The third kappa shape index (κ3) is 32.7. The molecule has 0 aromatic rings. The van der Waals surface area contributed by atoms with Gasteiger partial charge in [-0.05, 0) is 32.1 Å². The van der Waals surface area contributed by atoms with Gasteiger partial charge in [-0.2, -0.15) is 0 Å². The minimum Gasteiger partial charge on any atom is -0.544 e. The number of nitrogens with zero attached hydrogens (tertiary/aromatic N) is 1. The molecule has 0 atom stereocenters. The molecule has 0 aliphatic rings. The molecule has 0 saturated carbocycles. The normalized spacial score (nSPS) is 11.9. The molecule has 0 bridgehead atoms. The van der Waals surface area contributed by atoms with Crippen LogP contribution in [0.1, 0.15) is 103 Å². The molecule has 0 fully saturated rings. The Labute approximate surface area is 207 Å². The number of carbonyl (C=O) groups is 2. The number of aliphatic hydroxyl groups is 2. The summed E-state index contributed by atoms with van der Waals surface area (Å²) in [7, 11) is 5.40. The van der Waals surface area contributed by atoms with Crippen LogP contribution in [0.5, 0.6) is 0 Å². The van der Waals surface area contributed by atoms with Crippen LogP contribution in [-0.4, -0.2) is 71.9 Å². The van der Waals surface area contributed by atoms with E-state index in [1.807, 2.05) is 0 Å². The summed E-state index contributed by atoms with van der Waals surface area (Å²) >= 11 is 0. The van der Waals surface area contributed by atoms with E-state index in [0.29, 0.717) is 10.9 Å². The minimum absolute atomic E-state index is 0.0694. The molecule has 202 valence electrons. The van der Waals surface area contributed by atoms with Crippen LogP contribution in [0.3, 0.4) is 0 Å². The van der Waals surface area contributed by atoms with Gasteiger partial charge >= 0.3 is 5.97 Å². The largest absolute Gasteiger partial charge is 0.544 e. The number of carboxylic acid groups (broad SMARTS) is 2. The number of rotatable bonds is 21. The smallest absolute Gasteiger partial charge is 0.317 e. The topological polar surface area (TPSA) is 130 Å². The van der Waals surface area contributed by atoms with Gasteiger partial charge in [-0.15, -0.1) is 0 Å². The third-order valence-corrected chi connectivity index (χ3v) is 5.16. The second-order valence-corrected chi connectivity index (χ2v) is 10.1. The average Bonchev–Trinajstić information content (AvgIpc) is 2.70. The predicted molar refractivity (Wildman–Crippen MR) is 135 cm³/mol. The van der Waals surface area contributed by atoms with Crippen LogP contribution >= 0.6 is 0 Å². The SMILES string of the molecule is CCCCCCCC/C=C\CCCCCCCCC(O)(O)NCC(=O)O.C[N+](C)(C)CC(=O)[O-]. The van der Waals surface area contributed by atoms with Gasteiger partial charge in [-0.25, -0.2) is 0 Å². The summed E-state index contributed by atoms with van der Waals surface area (Å²) in [5, 5.41) is 39.7. The van der Waals surface area contributed by atoms with E-state index in [1.54, 1.807) is 21.1 Å². The maximum Gasteiger partial charge on any atom is 0.317 e. The predicted octanol–water partition coefficient (Wildman–Crippen LogP) is 3.17. The van der Waals surface area contributed by atoms with Gasteiger partial charge in [-0.3, -0.25) is 10.1 Å². The van der Waals surface area contributed by atoms with Crippen molar-refractivity contribution in [2.45, 2.75) is 109 Å². The monoisotopic (exact) mass is 488 g/mol. The molecule has 0 aromatic carbocycles. The lowest BCUT2D eigenvalue weighted by Crippen LogP contribution is -2.47. The van der Waals surface area contributed by atoms with Gasteiger partial charge < -0.3 is 29.7 Å². The number of nitrogens with one attached hydrogen (secondary N) is 1. The van der Waals surface area contributed by atoms with E-state index in [-0.39, 0.29) is 13.0 Å². The van der Waals surface area contributed by atoms with E-state index in [9.17, 15) is 24.9 Å². The minimum atomic E-state index is -2.07. The molecule has 0 aliphatic carbocycles. The highest BCUT2D eigenvalue weighted by molar-refractivity contribution is 5.69. The van der Waals surface area contributed by atoms with Crippen LogP contribution in [0.15, 0.2) is 12.2 Å². The molecule has 0 rings (SSSR count). The Morgan fingerprint density at radius 2 is 1.26 bits per heavy atom. The van der Waals surface area contributed by atoms with Gasteiger partial charge in [0.1, 0.15) is 6.54 Å². The summed E-state index contributed by atoms with van der Waals surface area (Å²) in [6.07, 6.45) is 21.6. The van der Waals surface area contributed by atoms with E-state index in [1.165, 1.54) is 57.8 Å². The van der Waals surface area contributed by atoms with Crippen molar-refractivity contribution < 1.29 is 34.5 Å². The molecule has 0 spiro atoms. The number of allylic oxidation sites excluding steroid dienone is 2. The fraction of sp³-hybridized carbons (Fsp3) is 0.846. The van der Waals surface area contributed by atoms with Gasteiger partial charge in [0.15, 0.2) is 0 Å². The van der Waals surface area contributed by atoms with E-state index in [0.717, 1.165) is 25.7 Å². The van der Waals surface area contributed by atoms with Crippen LogP contribution in [-0.2, 0) is 9.59 Å². The highest BCUT2D eigenvalue weighted by Gasteiger charge is 2.22. The molecule has 0 aromatic heterocycles. The Morgan fingerprint density at radius 1 is 0.824 bits per heavy atom. The average molecular weight is 489 g/mol. The number of carbonyl (C=O) groups excluding carboxylic acids is 1. The Balaban J connectivity index is 0. The molecule has 0 aliphatic heterocycles. The molecule has 8 heteroatoms. The van der Waals surface area contributed by atoms with Crippen LogP contribution in [0.25, 0.3) is 0 Å². The maximum absolute atomic E-state index is 10.4. The van der Waals surface area contributed by atoms with Crippen molar-refractivity contribution in [1.82, 2.24) is 5.32 Å². The number of unbranched alkanes of at least 4 members (excludes halogenated alkanes) is 12. The summed E-state index contributed by atoms with van der Waals surface area (Å²) in [5.41, 5.74) is 0. The second-order valence-electron chi connectivity index (χ2n) is 10.1. The van der Waals surface area contributed by atoms with Crippen molar-refractivity contribution in [2.75, 3.05) is 34.2 Å². The Kier molecular flexibility index (Phi) is 22.5. The van der Waals surface area contributed by atoms with E-state index < -0.39 is 24.4 Å². The van der Waals surface area contributed by atoms with E-state index in [4.69, 9.17) is 5.11 Å². The molecule has 34 heavy (non-hydrogen) atoms. The molecule has 0 heterocycles. The molecular formula is C26H52N2O6. The summed E-state index contributed by atoms with van der Waals surface area (Å²) in [4.78, 5) is 20.3. The molecule has 0 amide bonds. The first-order chi connectivity index (χ1) is 15.9. The van der Waals surface area contributed by atoms with E-state index >= 15 is 0 Å². The fourth-order valence-corrected chi connectivity index (χ4v) is 3.31. The van der Waals surface area contributed by atoms with Crippen molar-refractivity contribution >= 4 is 11.9 Å². The number of carboxylic acids is 2. The molecule has 0 unspecified atom stereocenters. The lowest BCUT2D eigenvalue weighted by Gasteiger charge is -2.23. The van der Waals surface area contributed by atoms with Gasteiger partial charge in [0, 0.05) is 6.42 Å². The molecule has 8 nitrogen and oxygen atoms in total. The second kappa shape index (κ2) is 22.0. The number of hydrogen-bond donors (Lipinski definition) is 4. The molecular weight excluding hydrogens is 436 g/mol. The summed E-state index contributed by atoms with van der Waals surface area (Å²) in [5.74, 6) is -4.17. The van der Waals surface area contributed by atoms with Crippen molar-refractivity contribution in [3.8, 4) is 0 Å². The Bertz CT molecular complexity index is 530. The fourth-order valence-electron chi connectivity index (χ4n) is 3.31.